The molecule has 1 aliphatic heterocycles. The first-order chi connectivity index (χ1) is 12.9. The quantitative estimate of drug-likeness (QED) is 0.750. The first-order valence-electron chi connectivity index (χ1n) is 9.23. The van der Waals surface area contributed by atoms with Gasteiger partial charge in [-0.3, -0.25) is 14.3 Å². The van der Waals surface area contributed by atoms with E-state index in [0.717, 1.165) is 25.1 Å². The number of halogens is 2. The molecule has 27 heavy (non-hydrogen) atoms. The SMILES string of the molecule is CCCn1cc(C(=O)N2CCC(C(=O)c3ccc(F)c(F)c3)CC2)c(C)n1. The Labute approximate surface area is 157 Å². The van der Waals surface area contributed by atoms with E-state index in [0.29, 0.717) is 37.2 Å². The van der Waals surface area contributed by atoms with Crippen LogP contribution in [0.15, 0.2) is 24.4 Å². The highest BCUT2D eigenvalue weighted by atomic mass is 19.2. The van der Waals surface area contributed by atoms with Gasteiger partial charge in [-0.2, -0.15) is 5.10 Å². The minimum atomic E-state index is -1.02. The Morgan fingerprint density at radius 1 is 1.19 bits per heavy atom. The molecule has 1 aliphatic rings. The molecule has 1 aromatic heterocycles. The average Bonchev–Trinajstić information content (AvgIpc) is 3.03. The largest absolute Gasteiger partial charge is 0.338 e. The van der Waals surface area contributed by atoms with Gasteiger partial charge in [0.2, 0.25) is 0 Å². The molecule has 0 aliphatic carbocycles. The Morgan fingerprint density at radius 3 is 2.52 bits per heavy atom. The molecule has 0 N–H and O–H groups in total. The summed E-state index contributed by atoms with van der Waals surface area (Å²) in [5, 5.41) is 4.36. The monoisotopic (exact) mass is 375 g/mol. The number of carbonyl (C=O) groups excluding carboxylic acids is 2. The van der Waals surface area contributed by atoms with E-state index in [1.54, 1.807) is 15.8 Å². The second-order valence-corrected chi connectivity index (χ2v) is 6.95. The zero-order valence-corrected chi connectivity index (χ0v) is 15.5. The van der Waals surface area contributed by atoms with E-state index in [4.69, 9.17) is 0 Å². The molecular weight excluding hydrogens is 352 g/mol. The number of ketones is 1. The number of amides is 1. The molecule has 2 heterocycles. The van der Waals surface area contributed by atoms with Crippen LogP contribution in [0.25, 0.3) is 0 Å². The number of benzene rings is 1. The molecule has 0 spiro atoms. The van der Waals surface area contributed by atoms with Gasteiger partial charge in [-0.05, 0) is 44.4 Å². The summed E-state index contributed by atoms with van der Waals surface area (Å²) in [6.45, 7) is 5.54. The first-order valence-corrected chi connectivity index (χ1v) is 9.23. The van der Waals surface area contributed by atoms with Gasteiger partial charge in [0.05, 0.1) is 11.3 Å². The van der Waals surface area contributed by atoms with E-state index in [1.165, 1.54) is 6.07 Å². The van der Waals surface area contributed by atoms with Gasteiger partial charge in [-0.25, -0.2) is 8.78 Å². The number of Topliss-reactive ketones (excluding diaryl/α,β-unsaturated/α-hetero) is 1. The molecule has 3 rings (SSSR count). The van der Waals surface area contributed by atoms with Gasteiger partial charge in [-0.1, -0.05) is 6.92 Å². The lowest BCUT2D eigenvalue weighted by atomic mass is 9.88. The maximum Gasteiger partial charge on any atom is 0.257 e. The number of likely N-dealkylation sites (tertiary alicyclic amines) is 1. The summed E-state index contributed by atoms with van der Waals surface area (Å²) in [6, 6.07) is 3.22. The summed E-state index contributed by atoms with van der Waals surface area (Å²) in [7, 11) is 0. The Balaban J connectivity index is 1.63. The minimum absolute atomic E-state index is 0.0754. The standard InChI is InChI=1S/C20H23F2N3O2/c1-3-8-25-12-16(13(2)23-25)20(27)24-9-6-14(7-10-24)19(26)15-4-5-17(21)18(22)11-15/h4-5,11-12,14H,3,6-10H2,1-2H3. The van der Waals surface area contributed by atoms with Crippen LogP contribution >= 0.6 is 0 Å². The molecule has 1 saturated heterocycles. The van der Waals surface area contributed by atoms with Crippen molar-refractivity contribution < 1.29 is 18.4 Å². The molecule has 7 heteroatoms. The van der Waals surface area contributed by atoms with Crippen molar-refractivity contribution in [1.29, 1.82) is 0 Å². The predicted octanol–water partition coefficient (Wildman–Crippen LogP) is 3.61. The van der Waals surface area contributed by atoms with Crippen molar-refractivity contribution in [3.63, 3.8) is 0 Å². The molecule has 1 amide bonds. The molecule has 1 aromatic carbocycles. The molecule has 0 unspecified atom stereocenters. The second-order valence-electron chi connectivity index (χ2n) is 6.95. The predicted molar refractivity (Wildman–Crippen MR) is 96.6 cm³/mol. The summed E-state index contributed by atoms with van der Waals surface area (Å²) in [6.07, 6.45) is 3.73. The van der Waals surface area contributed by atoms with Crippen molar-refractivity contribution in [2.45, 2.75) is 39.7 Å². The Morgan fingerprint density at radius 2 is 1.89 bits per heavy atom. The fraction of sp³-hybridized carbons (Fsp3) is 0.450. The lowest BCUT2D eigenvalue weighted by Gasteiger charge is -2.31. The number of piperidine rings is 1. The van der Waals surface area contributed by atoms with Crippen molar-refractivity contribution in [2.24, 2.45) is 5.92 Å². The fourth-order valence-corrected chi connectivity index (χ4v) is 3.47. The third kappa shape index (κ3) is 4.07. The molecular formula is C20H23F2N3O2. The number of aromatic nitrogens is 2. The normalized spacial score (nSPS) is 15.2. The van der Waals surface area contributed by atoms with Gasteiger partial charge in [0, 0.05) is 37.3 Å². The molecule has 0 bridgehead atoms. The molecule has 144 valence electrons. The Bertz CT molecular complexity index is 855. The summed E-state index contributed by atoms with van der Waals surface area (Å²) < 4.78 is 28.2. The summed E-state index contributed by atoms with van der Waals surface area (Å²) in [5.41, 5.74) is 1.47. The number of hydrogen-bond donors (Lipinski definition) is 0. The van der Waals surface area contributed by atoms with Crippen molar-refractivity contribution in [3.8, 4) is 0 Å². The first kappa shape index (κ1) is 19.2. The van der Waals surface area contributed by atoms with Crippen LogP contribution in [0.3, 0.4) is 0 Å². The number of nitrogens with zero attached hydrogens (tertiary/aromatic N) is 3. The van der Waals surface area contributed by atoms with Gasteiger partial charge in [-0.15, -0.1) is 0 Å². The third-order valence-electron chi connectivity index (χ3n) is 4.99. The highest BCUT2D eigenvalue weighted by molar-refractivity contribution is 5.98. The van der Waals surface area contributed by atoms with Crippen LogP contribution in [0.5, 0.6) is 0 Å². The highest BCUT2D eigenvalue weighted by Gasteiger charge is 2.30. The van der Waals surface area contributed by atoms with Crippen molar-refractivity contribution >= 4 is 11.7 Å². The lowest BCUT2D eigenvalue weighted by Crippen LogP contribution is -2.40. The van der Waals surface area contributed by atoms with E-state index in [-0.39, 0.29) is 23.2 Å². The lowest BCUT2D eigenvalue weighted by molar-refractivity contribution is 0.0649. The van der Waals surface area contributed by atoms with E-state index in [9.17, 15) is 18.4 Å². The van der Waals surface area contributed by atoms with Gasteiger partial charge in [0.1, 0.15) is 0 Å². The van der Waals surface area contributed by atoms with Crippen molar-refractivity contribution in [1.82, 2.24) is 14.7 Å². The van der Waals surface area contributed by atoms with Crippen LogP contribution in [0.2, 0.25) is 0 Å². The van der Waals surface area contributed by atoms with Crippen LogP contribution in [-0.2, 0) is 6.54 Å². The zero-order chi connectivity index (χ0) is 19.6. The molecule has 0 saturated carbocycles. The van der Waals surface area contributed by atoms with Crippen LogP contribution in [0.4, 0.5) is 8.78 Å². The smallest absolute Gasteiger partial charge is 0.257 e. The summed E-state index contributed by atoms with van der Waals surface area (Å²) in [5.74, 6) is -2.55. The van der Waals surface area contributed by atoms with Crippen LogP contribution in [0, 0.1) is 24.5 Å². The van der Waals surface area contributed by atoms with E-state index in [1.807, 2.05) is 13.8 Å². The minimum Gasteiger partial charge on any atom is -0.338 e. The molecule has 2 aromatic rings. The maximum atomic E-state index is 13.4. The van der Waals surface area contributed by atoms with Crippen LogP contribution in [0.1, 0.15) is 52.6 Å². The molecule has 0 atom stereocenters. The number of aryl methyl sites for hydroxylation is 2. The van der Waals surface area contributed by atoms with Crippen molar-refractivity contribution in [3.05, 3.63) is 52.9 Å². The molecule has 1 fully saturated rings. The van der Waals surface area contributed by atoms with Crippen molar-refractivity contribution in [2.75, 3.05) is 13.1 Å². The van der Waals surface area contributed by atoms with Crippen LogP contribution < -0.4 is 0 Å². The average molecular weight is 375 g/mol. The summed E-state index contributed by atoms with van der Waals surface area (Å²) >= 11 is 0. The van der Waals surface area contributed by atoms with Gasteiger partial charge in [0.25, 0.3) is 5.91 Å². The number of rotatable bonds is 5. The highest BCUT2D eigenvalue weighted by Crippen LogP contribution is 2.24. The van der Waals surface area contributed by atoms with Gasteiger partial charge in [0.15, 0.2) is 17.4 Å². The Hall–Kier alpha value is -2.57. The third-order valence-corrected chi connectivity index (χ3v) is 4.99. The zero-order valence-electron chi connectivity index (χ0n) is 15.5. The molecule has 0 radical (unpaired) electrons. The Kier molecular flexibility index (Phi) is 5.68. The number of hydrogen-bond acceptors (Lipinski definition) is 3. The second kappa shape index (κ2) is 7.98. The van der Waals surface area contributed by atoms with E-state index in [2.05, 4.69) is 5.10 Å². The fourth-order valence-electron chi connectivity index (χ4n) is 3.47. The van der Waals surface area contributed by atoms with Gasteiger partial charge < -0.3 is 4.90 Å². The van der Waals surface area contributed by atoms with E-state index < -0.39 is 11.6 Å². The topological polar surface area (TPSA) is 55.2 Å². The van der Waals surface area contributed by atoms with E-state index >= 15 is 0 Å². The maximum absolute atomic E-state index is 13.4. The molecule has 5 nitrogen and oxygen atoms in total. The number of carbonyl (C=O) groups is 2. The summed E-state index contributed by atoms with van der Waals surface area (Å²) in [4.78, 5) is 27.0. The van der Waals surface area contributed by atoms with Crippen LogP contribution in [-0.4, -0.2) is 39.5 Å². The van der Waals surface area contributed by atoms with Gasteiger partial charge >= 0.3 is 0 Å².